The van der Waals surface area contributed by atoms with Crippen LogP contribution in [0.4, 0.5) is 0 Å². The van der Waals surface area contributed by atoms with Crippen LogP contribution in [0.2, 0.25) is 0 Å². The number of guanidine groups is 1. The summed E-state index contributed by atoms with van der Waals surface area (Å²) in [5.74, 6) is 0.887. The quantitative estimate of drug-likeness (QED) is 0.311. The van der Waals surface area contributed by atoms with Crippen LogP contribution >= 0.6 is 0 Å². The molecule has 0 atom stereocenters. The lowest BCUT2D eigenvalue weighted by Gasteiger charge is -2.16. The minimum absolute atomic E-state index is 0.461. The van der Waals surface area contributed by atoms with E-state index < -0.39 is 0 Å². The Morgan fingerprint density at radius 2 is 2.08 bits per heavy atom. The Morgan fingerprint density at radius 3 is 2.76 bits per heavy atom. The number of hydrogen-bond donors (Lipinski definition) is 2. The number of nitrogens with one attached hydrogen (secondary N) is 2. The van der Waals surface area contributed by atoms with Crippen LogP contribution in [0.3, 0.4) is 0 Å². The van der Waals surface area contributed by atoms with E-state index in [0.29, 0.717) is 6.10 Å². The summed E-state index contributed by atoms with van der Waals surface area (Å²) in [7, 11) is 1.95. The van der Waals surface area contributed by atoms with Gasteiger partial charge in [0.2, 0.25) is 0 Å². The fourth-order valence-corrected chi connectivity index (χ4v) is 3.22. The highest BCUT2D eigenvalue weighted by molar-refractivity contribution is 5.79. The fraction of sp³-hybridized carbons (Fsp3) is 0.789. The average molecular weight is 350 g/mol. The predicted molar refractivity (Wildman–Crippen MR) is 103 cm³/mol. The van der Waals surface area contributed by atoms with E-state index in [1.807, 2.05) is 17.9 Å². The van der Waals surface area contributed by atoms with Crippen molar-refractivity contribution in [2.24, 2.45) is 12.0 Å². The van der Waals surface area contributed by atoms with E-state index in [0.717, 1.165) is 45.0 Å². The standard InChI is InChI=1S/C19H35N5O/c1-3-20-19(21-12-8-9-17-15-23-24(2)16-17)22-13-14-25-18-10-6-4-5-7-11-18/h15-16,18H,3-14H2,1-2H3,(H2,20,21,22). The van der Waals surface area contributed by atoms with Gasteiger partial charge in [-0.2, -0.15) is 5.10 Å². The van der Waals surface area contributed by atoms with Gasteiger partial charge in [-0.15, -0.1) is 0 Å². The summed E-state index contributed by atoms with van der Waals surface area (Å²) < 4.78 is 7.87. The third kappa shape index (κ3) is 8.38. The minimum Gasteiger partial charge on any atom is -0.376 e. The van der Waals surface area contributed by atoms with Crippen LogP contribution in [0.25, 0.3) is 0 Å². The molecule has 1 aromatic heterocycles. The molecule has 0 aliphatic heterocycles. The summed E-state index contributed by atoms with van der Waals surface area (Å²) in [6.45, 7) is 5.34. The Kier molecular flexibility index (Phi) is 9.41. The molecule has 142 valence electrons. The van der Waals surface area contributed by atoms with Crippen molar-refractivity contribution in [3.8, 4) is 0 Å². The number of aryl methyl sites for hydroxylation is 2. The Hall–Kier alpha value is -1.56. The van der Waals surface area contributed by atoms with Gasteiger partial charge in [-0.1, -0.05) is 25.7 Å². The number of ether oxygens (including phenoxy) is 1. The van der Waals surface area contributed by atoms with E-state index in [1.54, 1.807) is 0 Å². The van der Waals surface area contributed by atoms with Gasteiger partial charge in [0.05, 0.1) is 18.9 Å². The monoisotopic (exact) mass is 349 g/mol. The maximum absolute atomic E-state index is 6.02. The van der Waals surface area contributed by atoms with Crippen molar-refractivity contribution in [3.05, 3.63) is 18.0 Å². The summed E-state index contributed by atoms with van der Waals surface area (Å²) in [5.41, 5.74) is 1.27. The summed E-state index contributed by atoms with van der Waals surface area (Å²) in [4.78, 5) is 4.65. The van der Waals surface area contributed by atoms with Crippen molar-refractivity contribution in [2.75, 3.05) is 26.2 Å². The maximum atomic E-state index is 6.02. The van der Waals surface area contributed by atoms with Crippen molar-refractivity contribution >= 4 is 5.96 Å². The van der Waals surface area contributed by atoms with E-state index >= 15 is 0 Å². The van der Waals surface area contributed by atoms with Gasteiger partial charge in [-0.25, -0.2) is 0 Å². The summed E-state index contributed by atoms with van der Waals surface area (Å²) in [5, 5.41) is 10.9. The molecule has 0 aromatic carbocycles. The smallest absolute Gasteiger partial charge is 0.191 e. The molecule has 2 N–H and O–H groups in total. The van der Waals surface area contributed by atoms with Crippen LogP contribution in [-0.2, 0) is 18.2 Å². The zero-order valence-corrected chi connectivity index (χ0v) is 16.0. The largest absolute Gasteiger partial charge is 0.376 e. The first-order chi connectivity index (χ1) is 12.3. The molecule has 2 rings (SSSR count). The second-order valence-corrected chi connectivity index (χ2v) is 6.80. The first-order valence-corrected chi connectivity index (χ1v) is 9.89. The molecular weight excluding hydrogens is 314 g/mol. The highest BCUT2D eigenvalue weighted by atomic mass is 16.5. The molecule has 25 heavy (non-hydrogen) atoms. The van der Waals surface area contributed by atoms with E-state index in [1.165, 1.54) is 44.1 Å². The second kappa shape index (κ2) is 11.9. The van der Waals surface area contributed by atoms with E-state index in [9.17, 15) is 0 Å². The van der Waals surface area contributed by atoms with Gasteiger partial charge in [0.25, 0.3) is 0 Å². The SMILES string of the molecule is CCNC(=NCCCc1cnn(C)c1)NCCOC1CCCCCC1. The number of aromatic nitrogens is 2. The molecule has 1 heterocycles. The highest BCUT2D eigenvalue weighted by Gasteiger charge is 2.12. The molecule has 1 aliphatic rings. The third-order valence-electron chi connectivity index (χ3n) is 4.55. The van der Waals surface area contributed by atoms with Gasteiger partial charge in [0, 0.05) is 32.9 Å². The topological polar surface area (TPSA) is 63.5 Å². The average Bonchev–Trinajstić information content (AvgIpc) is 2.85. The molecular formula is C19H35N5O. The molecule has 0 radical (unpaired) electrons. The zero-order chi connectivity index (χ0) is 17.7. The number of rotatable bonds is 9. The van der Waals surface area contributed by atoms with Crippen LogP contribution < -0.4 is 10.6 Å². The summed E-state index contributed by atoms with van der Waals surface area (Å²) >= 11 is 0. The van der Waals surface area contributed by atoms with Gasteiger partial charge < -0.3 is 15.4 Å². The molecule has 1 saturated carbocycles. The van der Waals surface area contributed by atoms with Crippen LogP contribution in [-0.4, -0.2) is 48.1 Å². The van der Waals surface area contributed by atoms with Crippen molar-refractivity contribution in [3.63, 3.8) is 0 Å². The van der Waals surface area contributed by atoms with Gasteiger partial charge in [0.15, 0.2) is 5.96 Å². The van der Waals surface area contributed by atoms with Gasteiger partial charge >= 0.3 is 0 Å². The van der Waals surface area contributed by atoms with Crippen LogP contribution in [0.15, 0.2) is 17.4 Å². The lowest BCUT2D eigenvalue weighted by atomic mass is 10.1. The van der Waals surface area contributed by atoms with Crippen molar-refractivity contribution < 1.29 is 4.74 Å². The van der Waals surface area contributed by atoms with Crippen LogP contribution in [0.5, 0.6) is 0 Å². The lowest BCUT2D eigenvalue weighted by Crippen LogP contribution is -2.39. The predicted octanol–water partition coefficient (Wildman–Crippen LogP) is 2.65. The molecule has 0 bridgehead atoms. The molecule has 0 amide bonds. The Labute approximate surface area is 152 Å². The number of hydrogen-bond acceptors (Lipinski definition) is 3. The van der Waals surface area contributed by atoms with E-state index in [4.69, 9.17) is 4.74 Å². The van der Waals surface area contributed by atoms with Crippen molar-refractivity contribution in [1.29, 1.82) is 0 Å². The lowest BCUT2D eigenvalue weighted by molar-refractivity contribution is 0.0468. The first-order valence-electron chi connectivity index (χ1n) is 9.89. The van der Waals surface area contributed by atoms with E-state index in [2.05, 4.69) is 33.8 Å². The Bertz CT molecular complexity index is 492. The molecule has 1 fully saturated rings. The van der Waals surface area contributed by atoms with Crippen LogP contribution in [0.1, 0.15) is 57.4 Å². The Balaban J connectivity index is 1.61. The van der Waals surface area contributed by atoms with Crippen molar-refractivity contribution in [1.82, 2.24) is 20.4 Å². The van der Waals surface area contributed by atoms with Gasteiger partial charge in [0.1, 0.15) is 0 Å². The highest BCUT2D eigenvalue weighted by Crippen LogP contribution is 2.19. The third-order valence-corrected chi connectivity index (χ3v) is 4.55. The molecule has 0 unspecified atom stereocenters. The first kappa shape index (κ1) is 19.8. The van der Waals surface area contributed by atoms with Gasteiger partial charge in [-0.3, -0.25) is 9.67 Å². The maximum Gasteiger partial charge on any atom is 0.191 e. The Morgan fingerprint density at radius 1 is 1.28 bits per heavy atom. The molecule has 1 aromatic rings. The molecule has 0 saturated heterocycles. The van der Waals surface area contributed by atoms with Crippen molar-refractivity contribution in [2.45, 2.75) is 64.4 Å². The summed E-state index contributed by atoms with van der Waals surface area (Å²) in [6, 6.07) is 0. The van der Waals surface area contributed by atoms with Crippen LogP contribution in [0, 0.1) is 0 Å². The minimum atomic E-state index is 0.461. The number of nitrogens with zero attached hydrogens (tertiary/aromatic N) is 3. The second-order valence-electron chi connectivity index (χ2n) is 6.80. The van der Waals surface area contributed by atoms with E-state index in [-0.39, 0.29) is 0 Å². The normalized spacial score (nSPS) is 16.6. The molecule has 0 spiro atoms. The number of aliphatic imine (C=N–C) groups is 1. The zero-order valence-electron chi connectivity index (χ0n) is 16.0. The summed E-state index contributed by atoms with van der Waals surface area (Å²) in [6.07, 6.45) is 14.3. The molecule has 6 heteroatoms. The molecule has 1 aliphatic carbocycles. The fourth-order valence-electron chi connectivity index (χ4n) is 3.22. The van der Waals surface area contributed by atoms with Gasteiger partial charge in [-0.05, 0) is 38.2 Å². The molecule has 6 nitrogen and oxygen atoms in total.